The molecule has 0 unspecified atom stereocenters. The molecule has 0 amide bonds. The molecule has 0 fully saturated rings. The first-order chi connectivity index (χ1) is 9.58. The van der Waals surface area contributed by atoms with Crippen LogP contribution >= 0.6 is 0 Å². The van der Waals surface area contributed by atoms with Crippen molar-refractivity contribution < 1.29 is 19.1 Å². The molecule has 0 atom stereocenters. The van der Waals surface area contributed by atoms with Crippen LogP contribution in [0.25, 0.3) is 0 Å². The van der Waals surface area contributed by atoms with Crippen molar-refractivity contribution in [2.75, 3.05) is 18.5 Å². The van der Waals surface area contributed by atoms with Crippen molar-refractivity contribution in [3.8, 4) is 0 Å². The SMILES string of the molecule is CCOC(=O)C(=CNc1cccc(C)c1)C(=O)OCC. The fourth-order valence-corrected chi connectivity index (χ4v) is 1.51. The third-order valence-corrected chi connectivity index (χ3v) is 2.39. The molecule has 5 heteroatoms. The van der Waals surface area contributed by atoms with Crippen LogP contribution in [0.4, 0.5) is 5.69 Å². The molecular formula is C15H19NO4. The van der Waals surface area contributed by atoms with Crippen LogP contribution < -0.4 is 5.32 Å². The average Bonchev–Trinajstić information content (AvgIpc) is 2.39. The van der Waals surface area contributed by atoms with Gasteiger partial charge >= 0.3 is 11.9 Å². The molecule has 0 radical (unpaired) electrons. The van der Waals surface area contributed by atoms with Crippen LogP contribution in [0.2, 0.25) is 0 Å². The Hall–Kier alpha value is -2.30. The normalized spacial score (nSPS) is 9.55. The summed E-state index contributed by atoms with van der Waals surface area (Å²) in [6, 6.07) is 7.55. The summed E-state index contributed by atoms with van der Waals surface area (Å²) in [7, 11) is 0. The zero-order valence-corrected chi connectivity index (χ0v) is 11.9. The molecule has 0 aliphatic rings. The molecule has 1 aromatic rings. The molecule has 0 saturated heterocycles. The largest absolute Gasteiger partial charge is 0.462 e. The maximum Gasteiger partial charge on any atom is 0.347 e. The van der Waals surface area contributed by atoms with Crippen LogP contribution in [0.3, 0.4) is 0 Å². The number of benzene rings is 1. The van der Waals surface area contributed by atoms with Gasteiger partial charge in [0.25, 0.3) is 0 Å². The summed E-state index contributed by atoms with van der Waals surface area (Å²) in [5.74, 6) is -1.41. The maximum absolute atomic E-state index is 11.7. The molecule has 0 spiro atoms. The number of carbonyl (C=O) groups excluding carboxylic acids is 2. The second kappa shape index (κ2) is 7.99. The Bertz CT molecular complexity index is 488. The summed E-state index contributed by atoms with van der Waals surface area (Å²) in [6.45, 7) is 5.69. The first kappa shape index (κ1) is 15.8. The van der Waals surface area contributed by atoms with Crippen molar-refractivity contribution in [2.24, 2.45) is 0 Å². The topological polar surface area (TPSA) is 64.6 Å². The van der Waals surface area contributed by atoms with Gasteiger partial charge in [-0.2, -0.15) is 0 Å². The van der Waals surface area contributed by atoms with Gasteiger partial charge in [0, 0.05) is 11.9 Å². The van der Waals surface area contributed by atoms with E-state index >= 15 is 0 Å². The highest BCUT2D eigenvalue weighted by Gasteiger charge is 2.20. The highest BCUT2D eigenvalue weighted by Crippen LogP contribution is 2.11. The summed E-state index contributed by atoms with van der Waals surface area (Å²) >= 11 is 0. The van der Waals surface area contributed by atoms with E-state index in [0.717, 1.165) is 11.3 Å². The van der Waals surface area contributed by atoms with Gasteiger partial charge in [0.05, 0.1) is 13.2 Å². The highest BCUT2D eigenvalue weighted by molar-refractivity contribution is 6.14. The summed E-state index contributed by atoms with van der Waals surface area (Å²) in [5.41, 5.74) is 1.68. The zero-order chi connectivity index (χ0) is 15.0. The molecule has 5 nitrogen and oxygen atoms in total. The Morgan fingerprint density at radius 3 is 2.25 bits per heavy atom. The van der Waals surface area contributed by atoms with Gasteiger partial charge in [0.1, 0.15) is 0 Å². The van der Waals surface area contributed by atoms with Crippen molar-refractivity contribution in [2.45, 2.75) is 20.8 Å². The average molecular weight is 277 g/mol. The molecule has 0 saturated carbocycles. The number of ether oxygens (including phenoxy) is 2. The Kier molecular flexibility index (Phi) is 6.29. The van der Waals surface area contributed by atoms with E-state index in [4.69, 9.17) is 9.47 Å². The fourth-order valence-electron chi connectivity index (χ4n) is 1.51. The lowest BCUT2D eigenvalue weighted by Crippen LogP contribution is -2.19. The smallest absolute Gasteiger partial charge is 0.347 e. The Balaban J connectivity index is 2.89. The van der Waals surface area contributed by atoms with Gasteiger partial charge < -0.3 is 14.8 Å². The second-order valence-corrected chi connectivity index (χ2v) is 4.01. The second-order valence-electron chi connectivity index (χ2n) is 4.01. The number of hydrogen-bond donors (Lipinski definition) is 1. The van der Waals surface area contributed by atoms with Crippen LogP contribution in [0.15, 0.2) is 36.0 Å². The summed E-state index contributed by atoms with van der Waals surface area (Å²) in [6.07, 6.45) is 1.31. The van der Waals surface area contributed by atoms with Gasteiger partial charge in [-0.3, -0.25) is 0 Å². The van der Waals surface area contributed by atoms with Crippen LogP contribution in [-0.4, -0.2) is 25.2 Å². The predicted molar refractivity (Wildman–Crippen MR) is 76.2 cm³/mol. The number of esters is 2. The number of carbonyl (C=O) groups is 2. The van der Waals surface area contributed by atoms with Crippen molar-refractivity contribution in [3.63, 3.8) is 0 Å². The predicted octanol–water partition coefficient (Wildman–Crippen LogP) is 2.42. The van der Waals surface area contributed by atoms with Gasteiger partial charge in [0.2, 0.25) is 0 Å². The van der Waals surface area contributed by atoms with Gasteiger partial charge in [-0.15, -0.1) is 0 Å². The number of anilines is 1. The van der Waals surface area contributed by atoms with E-state index < -0.39 is 11.9 Å². The molecule has 1 rings (SSSR count). The first-order valence-electron chi connectivity index (χ1n) is 6.46. The Morgan fingerprint density at radius 1 is 1.15 bits per heavy atom. The van der Waals surface area contributed by atoms with Crippen molar-refractivity contribution >= 4 is 17.6 Å². The minimum atomic E-state index is -0.703. The molecular weight excluding hydrogens is 258 g/mol. The summed E-state index contributed by atoms with van der Waals surface area (Å²) in [5, 5.41) is 2.90. The number of hydrogen-bond acceptors (Lipinski definition) is 5. The molecule has 20 heavy (non-hydrogen) atoms. The molecule has 0 heterocycles. The molecule has 108 valence electrons. The lowest BCUT2D eigenvalue weighted by molar-refractivity contribution is -0.146. The molecule has 1 aromatic carbocycles. The third kappa shape index (κ3) is 4.76. The fraction of sp³-hybridized carbons (Fsp3) is 0.333. The first-order valence-corrected chi connectivity index (χ1v) is 6.46. The Labute approximate surface area is 118 Å². The molecule has 0 bridgehead atoms. The molecule has 0 aliphatic carbocycles. The summed E-state index contributed by atoms with van der Waals surface area (Å²) in [4.78, 5) is 23.4. The van der Waals surface area contributed by atoms with Crippen LogP contribution in [0.1, 0.15) is 19.4 Å². The number of rotatable bonds is 6. The van der Waals surface area contributed by atoms with E-state index in [1.165, 1.54) is 6.20 Å². The van der Waals surface area contributed by atoms with Gasteiger partial charge in [0.15, 0.2) is 5.57 Å². The third-order valence-electron chi connectivity index (χ3n) is 2.39. The van der Waals surface area contributed by atoms with E-state index in [9.17, 15) is 9.59 Å². The monoisotopic (exact) mass is 277 g/mol. The van der Waals surface area contributed by atoms with Gasteiger partial charge in [-0.05, 0) is 38.5 Å². The van der Waals surface area contributed by atoms with Gasteiger partial charge in [-0.25, -0.2) is 9.59 Å². The van der Waals surface area contributed by atoms with Crippen molar-refractivity contribution in [3.05, 3.63) is 41.6 Å². The maximum atomic E-state index is 11.7. The minimum absolute atomic E-state index is 0.157. The molecule has 1 N–H and O–H groups in total. The molecule has 0 aromatic heterocycles. The van der Waals surface area contributed by atoms with Crippen molar-refractivity contribution in [1.29, 1.82) is 0 Å². The van der Waals surface area contributed by atoms with Crippen LogP contribution in [0.5, 0.6) is 0 Å². The van der Waals surface area contributed by atoms with Crippen LogP contribution in [-0.2, 0) is 19.1 Å². The molecule has 0 aliphatic heterocycles. The number of nitrogens with one attached hydrogen (secondary N) is 1. The van der Waals surface area contributed by atoms with Crippen molar-refractivity contribution in [1.82, 2.24) is 0 Å². The standard InChI is InChI=1S/C15H19NO4/c1-4-19-14(17)13(15(18)20-5-2)10-16-12-8-6-7-11(3)9-12/h6-10,16H,4-5H2,1-3H3. The Morgan fingerprint density at radius 2 is 1.75 bits per heavy atom. The van der Waals surface area contributed by atoms with E-state index in [-0.39, 0.29) is 18.8 Å². The lowest BCUT2D eigenvalue weighted by atomic mass is 10.2. The van der Waals surface area contributed by atoms with E-state index in [2.05, 4.69) is 5.32 Å². The van der Waals surface area contributed by atoms with E-state index in [1.807, 2.05) is 31.2 Å². The van der Waals surface area contributed by atoms with Crippen LogP contribution in [0, 0.1) is 6.92 Å². The summed E-state index contributed by atoms with van der Waals surface area (Å²) < 4.78 is 9.67. The minimum Gasteiger partial charge on any atom is -0.462 e. The number of aryl methyl sites for hydroxylation is 1. The quantitative estimate of drug-likeness (QED) is 0.374. The van der Waals surface area contributed by atoms with E-state index in [0.29, 0.717) is 0 Å². The lowest BCUT2D eigenvalue weighted by Gasteiger charge is -2.08. The highest BCUT2D eigenvalue weighted by atomic mass is 16.6. The van der Waals surface area contributed by atoms with Gasteiger partial charge in [-0.1, -0.05) is 12.1 Å². The van der Waals surface area contributed by atoms with E-state index in [1.54, 1.807) is 13.8 Å². The zero-order valence-electron chi connectivity index (χ0n) is 11.9.